The van der Waals surface area contributed by atoms with Crippen LogP contribution in [0.3, 0.4) is 0 Å². The Hall–Kier alpha value is -0.990. The Bertz CT molecular complexity index is 559. The molecule has 2 nitrogen and oxygen atoms in total. The van der Waals surface area contributed by atoms with Crippen molar-refractivity contribution in [2.75, 3.05) is 11.8 Å². The summed E-state index contributed by atoms with van der Waals surface area (Å²) >= 11 is 12.6. The lowest BCUT2D eigenvalue weighted by Gasteiger charge is -2.30. The molecule has 114 valence electrons. The second kappa shape index (κ2) is 7.33. The molecule has 1 heterocycles. The summed E-state index contributed by atoms with van der Waals surface area (Å²) in [5.41, 5.74) is 3.40. The minimum absolute atomic E-state index is 0.135. The van der Waals surface area contributed by atoms with E-state index >= 15 is 0 Å². The van der Waals surface area contributed by atoms with Gasteiger partial charge in [0.1, 0.15) is 0 Å². The summed E-state index contributed by atoms with van der Waals surface area (Å²) in [5, 5.41) is 4.52. The van der Waals surface area contributed by atoms with E-state index in [1.165, 1.54) is 11.3 Å². The van der Waals surface area contributed by atoms with E-state index in [-0.39, 0.29) is 5.41 Å². The summed E-state index contributed by atoms with van der Waals surface area (Å²) in [6, 6.07) is 12.6. The van der Waals surface area contributed by atoms with Crippen LogP contribution in [0.25, 0.3) is 0 Å². The summed E-state index contributed by atoms with van der Waals surface area (Å²) in [6.07, 6.45) is 1.73. The van der Waals surface area contributed by atoms with E-state index in [1.807, 2.05) is 17.7 Å². The first-order valence-electron chi connectivity index (χ1n) is 7.31. The predicted octanol–water partition coefficient (Wildman–Crippen LogP) is 4.46. The molecule has 0 amide bonds. The molecule has 0 N–H and O–H groups in total. The molecule has 21 heavy (non-hydrogen) atoms. The quantitative estimate of drug-likeness (QED) is 0.687. The van der Waals surface area contributed by atoms with Crippen LogP contribution in [-0.2, 0) is 19.4 Å². The molecule has 2 aromatic rings. The Balaban J connectivity index is 2.25. The van der Waals surface area contributed by atoms with Gasteiger partial charge in [0.05, 0.1) is 5.69 Å². The molecule has 1 aromatic heterocycles. The van der Waals surface area contributed by atoms with Crippen molar-refractivity contribution in [1.29, 1.82) is 0 Å². The summed E-state index contributed by atoms with van der Waals surface area (Å²) < 4.78 is 2.05. The van der Waals surface area contributed by atoms with Crippen molar-refractivity contribution < 1.29 is 0 Å². The van der Waals surface area contributed by atoms with E-state index in [2.05, 4.69) is 42.4 Å². The Morgan fingerprint density at radius 2 is 1.76 bits per heavy atom. The maximum Gasteiger partial charge on any atom is 0.0596 e. The van der Waals surface area contributed by atoms with Gasteiger partial charge in [-0.3, -0.25) is 4.68 Å². The Morgan fingerprint density at radius 3 is 2.33 bits per heavy atom. The van der Waals surface area contributed by atoms with Crippen LogP contribution in [0.5, 0.6) is 0 Å². The molecule has 0 spiro atoms. The zero-order valence-corrected chi connectivity index (χ0v) is 14.2. The number of alkyl halides is 2. The first kappa shape index (κ1) is 16.4. The average molecular weight is 325 g/mol. The molecule has 2 rings (SSSR count). The predicted molar refractivity (Wildman–Crippen MR) is 90.4 cm³/mol. The number of benzene rings is 1. The second-order valence-corrected chi connectivity index (χ2v) is 6.23. The zero-order chi connectivity index (χ0) is 15.3. The van der Waals surface area contributed by atoms with E-state index in [9.17, 15) is 0 Å². The fraction of sp³-hybridized carbons (Fsp3) is 0.471. The monoisotopic (exact) mass is 324 g/mol. The van der Waals surface area contributed by atoms with Crippen molar-refractivity contribution in [2.24, 2.45) is 5.41 Å². The Labute approximate surface area is 137 Å². The van der Waals surface area contributed by atoms with E-state index in [0.717, 1.165) is 25.1 Å². The van der Waals surface area contributed by atoms with Gasteiger partial charge in [-0.1, -0.05) is 30.3 Å². The van der Waals surface area contributed by atoms with Crippen LogP contribution < -0.4 is 0 Å². The highest BCUT2D eigenvalue weighted by Crippen LogP contribution is 2.31. The third kappa shape index (κ3) is 4.02. The molecule has 0 saturated carbocycles. The van der Waals surface area contributed by atoms with Gasteiger partial charge in [-0.2, -0.15) is 5.10 Å². The number of rotatable bonds is 7. The van der Waals surface area contributed by atoms with Crippen LogP contribution in [0, 0.1) is 12.3 Å². The average Bonchev–Trinajstić information content (AvgIpc) is 2.87. The molecule has 0 aliphatic rings. The van der Waals surface area contributed by atoms with E-state index in [4.69, 9.17) is 23.2 Å². The minimum Gasteiger partial charge on any atom is -0.270 e. The lowest BCUT2D eigenvalue weighted by molar-refractivity contribution is 0.360. The third-order valence-electron chi connectivity index (χ3n) is 3.83. The van der Waals surface area contributed by atoms with Gasteiger partial charge in [0, 0.05) is 29.4 Å². The van der Waals surface area contributed by atoms with Crippen molar-refractivity contribution in [2.45, 2.75) is 33.2 Å². The summed E-state index contributed by atoms with van der Waals surface area (Å²) in [6.45, 7) is 5.00. The van der Waals surface area contributed by atoms with Crippen LogP contribution >= 0.6 is 23.2 Å². The highest BCUT2D eigenvalue weighted by molar-refractivity contribution is 6.21. The van der Waals surface area contributed by atoms with Crippen molar-refractivity contribution in [3.05, 3.63) is 53.3 Å². The van der Waals surface area contributed by atoms with Crippen LogP contribution in [0.4, 0.5) is 0 Å². The minimum atomic E-state index is -0.135. The van der Waals surface area contributed by atoms with E-state index < -0.39 is 0 Å². The van der Waals surface area contributed by atoms with E-state index in [0.29, 0.717) is 11.8 Å². The van der Waals surface area contributed by atoms with Gasteiger partial charge in [-0.25, -0.2) is 0 Å². The lowest BCUT2D eigenvalue weighted by atomic mass is 9.81. The molecule has 4 heteroatoms. The van der Waals surface area contributed by atoms with Crippen molar-refractivity contribution in [3.8, 4) is 0 Å². The highest BCUT2D eigenvalue weighted by atomic mass is 35.5. The standard InChI is InChI=1S/C17H22Cl2N2/c1-3-21-16(9-14(2)20-21)11-17(12-18,13-19)10-15-7-5-4-6-8-15/h4-9H,3,10-13H2,1-2H3. The lowest BCUT2D eigenvalue weighted by Crippen LogP contribution is -2.32. The number of aromatic nitrogens is 2. The second-order valence-electron chi connectivity index (χ2n) is 5.70. The molecule has 0 aliphatic carbocycles. The van der Waals surface area contributed by atoms with Crippen LogP contribution in [-0.4, -0.2) is 21.5 Å². The summed E-state index contributed by atoms with van der Waals surface area (Å²) in [7, 11) is 0. The Morgan fingerprint density at radius 1 is 1.10 bits per heavy atom. The molecule has 0 saturated heterocycles. The molecule has 0 bridgehead atoms. The van der Waals surface area contributed by atoms with Crippen molar-refractivity contribution in [3.63, 3.8) is 0 Å². The highest BCUT2D eigenvalue weighted by Gasteiger charge is 2.30. The summed E-state index contributed by atoms with van der Waals surface area (Å²) in [4.78, 5) is 0. The number of halogens is 2. The van der Waals surface area contributed by atoms with Gasteiger partial charge in [0.15, 0.2) is 0 Å². The molecular weight excluding hydrogens is 303 g/mol. The van der Waals surface area contributed by atoms with Crippen molar-refractivity contribution >= 4 is 23.2 Å². The maximum atomic E-state index is 6.31. The molecular formula is C17H22Cl2N2. The van der Waals surface area contributed by atoms with Crippen molar-refractivity contribution in [1.82, 2.24) is 9.78 Å². The van der Waals surface area contributed by atoms with Gasteiger partial charge in [-0.05, 0) is 38.3 Å². The number of nitrogens with zero attached hydrogens (tertiary/aromatic N) is 2. The number of hydrogen-bond donors (Lipinski definition) is 0. The zero-order valence-electron chi connectivity index (χ0n) is 12.6. The number of hydrogen-bond acceptors (Lipinski definition) is 1. The van der Waals surface area contributed by atoms with Gasteiger partial charge in [0.2, 0.25) is 0 Å². The first-order chi connectivity index (χ1) is 10.1. The topological polar surface area (TPSA) is 17.8 Å². The van der Waals surface area contributed by atoms with Gasteiger partial charge < -0.3 is 0 Å². The number of aryl methyl sites for hydroxylation is 2. The molecule has 0 atom stereocenters. The fourth-order valence-electron chi connectivity index (χ4n) is 2.72. The van der Waals surface area contributed by atoms with Gasteiger partial charge in [-0.15, -0.1) is 23.2 Å². The summed E-state index contributed by atoms with van der Waals surface area (Å²) in [5.74, 6) is 1.08. The Kier molecular flexibility index (Phi) is 5.72. The largest absolute Gasteiger partial charge is 0.270 e. The molecule has 0 fully saturated rings. The molecule has 0 aliphatic heterocycles. The third-order valence-corrected chi connectivity index (χ3v) is 4.96. The van der Waals surface area contributed by atoms with E-state index in [1.54, 1.807) is 0 Å². The molecule has 1 aromatic carbocycles. The first-order valence-corrected chi connectivity index (χ1v) is 8.38. The van der Waals surface area contributed by atoms with Gasteiger partial charge in [0.25, 0.3) is 0 Å². The van der Waals surface area contributed by atoms with Gasteiger partial charge >= 0.3 is 0 Å². The normalized spacial score (nSPS) is 11.8. The van der Waals surface area contributed by atoms with Crippen LogP contribution in [0.1, 0.15) is 23.9 Å². The van der Waals surface area contributed by atoms with Crippen LogP contribution in [0.2, 0.25) is 0 Å². The molecule has 0 radical (unpaired) electrons. The maximum absolute atomic E-state index is 6.31. The van der Waals surface area contributed by atoms with Crippen LogP contribution in [0.15, 0.2) is 36.4 Å². The fourth-order valence-corrected chi connectivity index (χ4v) is 3.38. The SMILES string of the molecule is CCn1nc(C)cc1CC(CCl)(CCl)Cc1ccccc1. The molecule has 0 unspecified atom stereocenters. The smallest absolute Gasteiger partial charge is 0.0596 e.